The molecule has 0 spiro atoms. The average Bonchev–Trinajstić information content (AvgIpc) is 2.89. The fourth-order valence-electron chi connectivity index (χ4n) is 3.12. The standard InChI is InChI=1S/C13H23N5/c1-2-7-12(8-3-1)18-16-13(15-17-18)10-11-6-4-5-9-14-11/h11-12,14H,1-10H2. The third kappa shape index (κ3) is 2.88. The Morgan fingerprint density at radius 1 is 1.06 bits per heavy atom. The number of tetrazole rings is 1. The number of piperidine rings is 1. The lowest BCUT2D eigenvalue weighted by Crippen LogP contribution is -2.35. The van der Waals surface area contributed by atoms with E-state index < -0.39 is 0 Å². The molecule has 1 saturated heterocycles. The van der Waals surface area contributed by atoms with Gasteiger partial charge >= 0.3 is 0 Å². The van der Waals surface area contributed by atoms with Crippen molar-refractivity contribution in [1.82, 2.24) is 25.5 Å². The van der Waals surface area contributed by atoms with E-state index in [0.717, 1.165) is 18.8 Å². The number of hydrogen-bond donors (Lipinski definition) is 1. The van der Waals surface area contributed by atoms with Crippen molar-refractivity contribution in [2.45, 2.75) is 69.9 Å². The minimum atomic E-state index is 0.499. The van der Waals surface area contributed by atoms with Gasteiger partial charge in [-0.2, -0.15) is 4.80 Å². The van der Waals surface area contributed by atoms with Crippen LogP contribution < -0.4 is 5.32 Å². The zero-order chi connectivity index (χ0) is 12.2. The van der Waals surface area contributed by atoms with Gasteiger partial charge in [-0.1, -0.05) is 25.7 Å². The van der Waals surface area contributed by atoms with E-state index in [1.54, 1.807) is 0 Å². The molecule has 2 heterocycles. The predicted molar refractivity (Wildman–Crippen MR) is 69.3 cm³/mol. The zero-order valence-corrected chi connectivity index (χ0v) is 11.0. The van der Waals surface area contributed by atoms with Gasteiger partial charge in [0.15, 0.2) is 5.82 Å². The lowest BCUT2D eigenvalue weighted by molar-refractivity contribution is 0.296. The highest BCUT2D eigenvalue weighted by Crippen LogP contribution is 2.26. The minimum absolute atomic E-state index is 0.499. The van der Waals surface area contributed by atoms with Gasteiger partial charge in [0.05, 0.1) is 6.04 Å². The molecule has 2 fully saturated rings. The first kappa shape index (κ1) is 12.1. The van der Waals surface area contributed by atoms with Crippen molar-refractivity contribution in [2.75, 3.05) is 6.54 Å². The molecule has 0 radical (unpaired) electrons. The van der Waals surface area contributed by atoms with Crippen LogP contribution in [0, 0.1) is 0 Å². The molecular weight excluding hydrogens is 226 g/mol. The number of nitrogens with zero attached hydrogens (tertiary/aromatic N) is 4. The molecule has 5 nitrogen and oxygen atoms in total. The maximum atomic E-state index is 4.58. The first-order valence-electron chi connectivity index (χ1n) is 7.43. The van der Waals surface area contributed by atoms with Crippen LogP contribution in [0.15, 0.2) is 0 Å². The van der Waals surface area contributed by atoms with Crippen molar-refractivity contribution in [1.29, 1.82) is 0 Å². The molecule has 0 aromatic carbocycles. The quantitative estimate of drug-likeness (QED) is 0.888. The summed E-state index contributed by atoms with van der Waals surface area (Å²) >= 11 is 0. The lowest BCUT2D eigenvalue weighted by atomic mass is 9.96. The van der Waals surface area contributed by atoms with Gasteiger partial charge in [0.1, 0.15) is 0 Å². The van der Waals surface area contributed by atoms with Crippen LogP contribution in [-0.4, -0.2) is 32.8 Å². The van der Waals surface area contributed by atoms with Crippen LogP contribution in [0.1, 0.15) is 63.2 Å². The summed E-state index contributed by atoms with van der Waals surface area (Å²) in [5.41, 5.74) is 0. The monoisotopic (exact) mass is 249 g/mol. The fraction of sp³-hybridized carbons (Fsp3) is 0.923. The maximum absolute atomic E-state index is 4.58. The van der Waals surface area contributed by atoms with Gasteiger partial charge in [0.2, 0.25) is 0 Å². The summed E-state index contributed by atoms with van der Waals surface area (Å²) in [5, 5.41) is 16.6. The van der Waals surface area contributed by atoms with Crippen LogP contribution in [-0.2, 0) is 6.42 Å². The average molecular weight is 249 g/mol. The molecule has 1 aromatic rings. The fourth-order valence-corrected chi connectivity index (χ4v) is 3.12. The maximum Gasteiger partial charge on any atom is 0.176 e. The SMILES string of the molecule is C1CCC(n2nnc(CC3CCCCN3)n2)CC1. The van der Waals surface area contributed by atoms with Gasteiger partial charge in [-0.05, 0) is 37.4 Å². The molecule has 1 saturated carbocycles. The molecule has 18 heavy (non-hydrogen) atoms. The van der Waals surface area contributed by atoms with E-state index in [1.165, 1.54) is 51.4 Å². The molecule has 1 aliphatic heterocycles. The molecule has 1 unspecified atom stereocenters. The molecule has 1 N–H and O–H groups in total. The van der Waals surface area contributed by atoms with Crippen molar-refractivity contribution in [3.63, 3.8) is 0 Å². The zero-order valence-electron chi connectivity index (χ0n) is 11.0. The van der Waals surface area contributed by atoms with Crippen molar-refractivity contribution in [3.8, 4) is 0 Å². The number of hydrogen-bond acceptors (Lipinski definition) is 4. The second-order valence-corrected chi connectivity index (χ2v) is 5.67. The second kappa shape index (κ2) is 5.78. The van der Waals surface area contributed by atoms with E-state index in [1.807, 2.05) is 4.80 Å². The Kier molecular flexibility index (Phi) is 3.88. The Hall–Kier alpha value is -0.970. The van der Waals surface area contributed by atoms with E-state index in [-0.39, 0.29) is 0 Å². The molecule has 1 aliphatic carbocycles. The van der Waals surface area contributed by atoms with Crippen molar-refractivity contribution < 1.29 is 0 Å². The lowest BCUT2D eigenvalue weighted by Gasteiger charge is -2.22. The Labute approximate surface area is 108 Å². The Morgan fingerprint density at radius 3 is 2.67 bits per heavy atom. The molecule has 3 rings (SSSR count). The normalized spacial score (nSPS) is 26.3. The molecular formula is C13H23N5. The van der Waals surface area contributed by atoms with Crippen molar-refractivity contribution >= 4 is 0 Å². The van der Waals surface area contributed by atoms with Gasteiger partial charge in [-0.3, -0.25) is 0 Å². The summed E-state index contributed by atoms with van der Waals surface area (Å²) in [6.45, 7) is 1.14. The van der Waals surface area contributed by atoms with E-state index in [4.69, 9.17) is 0 Å². The predicted octanol–water partition coefficient (Wildman–Crippen LogP) is 1.86. The third-order valence-corrected chi connectivity index (χ3v) is 4.21. The van der Waals surface area contributed by atoms with Gasteiger partial charge < -0.3 is 5.32 Å². The second-order valence-electron chi connectivity index (χ2n) is 5.67. The number of aromatic nitrogens is 4. The molecule has 1 atom stereocenters. The van der Waals surface area contributed by atoms with Gasteiger partial charge in [-0.15, -0.1) is 10.2 Å². The van der Waals surface area contributed by atoms with E-state index >= 15 is 0 Å². The summed E-state index contributed by atoms with van der Waals surface area (Å²) in [5.74, 6) is 0.917. The Morgan fingerprint density at radius 2 is 1.89 bits per heavy atom. The van der Waals surface area contributed by atoms with E-state index in [2.05, 4.69) is 20.7 Å². The van der Waals surface area contributed by atoms with Crippen molar-refractivity contribution in [3.05, 3.63) is 5.82 Å². The van der Waals surface area contributed by atoms with E-state index in [9.17, 15) is 0 Å². The number of rotatable bonds is 3. The van der Waals surface area contributed by atoms with Gasteiger partial charge in [0, 0.05) is 12.5 Å². The smallest absolute Gasteiger partial charge is 0.176 e. The first-order valence-corrected chi connectivity index (χ1v) is 7.43. The van der Waals surface area contributed by atoms with Crippen LogP contribution >= 0.6 is 0 Å². The minimum Gasteiger partial charge on any atom is -0.314 e. The van der Waals surface area contributed by atoms with Crippen LogP contribution in [0.2, 0.25) is 0 Å². The summed E-state index contributed by atoms with van der Waals surface area (Å²) < 4.78 is 0. The van der Waals surface area contributed by atoms with Crippen LogP contribution in [0.3, 0.4) is 0 Å². The first-order chi connectivity index (χ1) is 8.92. The molecule has 0 bridgehead atoms. The number of nitrogens with one attached hydrogen (secondary N) is 1. The molecule has 5 heteroatoms. The largest absolute Gasteiger partial charge is 0.314 e. The topological polar surface area (TPSA) is 55.6 Å². The highest BCUT2D eigenvalue weighted by molar-refractivity contribution is 4.87. The third-order valence-electron chi connectivity index (χ3n) is 4.21. The van der Waals surface area contributed by atoms with Crippen LogP contribution in [0.4, 0.5) is 0 Å². The van der Waals surface area contributed by atoms with Gasteiger partial charge in [0.25, 0.3) is 0 Å². The van der Waals surface area contributed by atoms with Gasteiger partial charge in [-0.25, -0.2) is 0 Å². The molecule has 100 valence electrons. The highest BCUT2D eigenvalue weighted by Gasteiger charge is 2.20. The summed E-state index contributed by atoms with van der Waals surface area (Å²) in [6, 6.07) is 1.06. The summed E-state index contributed by atoms with van der Waals surface area (Å²) in [4.78, 5) is 1.87. The molecule has 2 aliphatic rings. The summed E-state index contributed by atoms with van der Waals surface area (Å²) in [6.07, 6.45) is 11.2. The summed E-state index contributed by atoms with van der Waals surface area (Å²) in [7, 11) is 0. The highest BCUT2D eigenvalue weighted by atomic mass is 15.6. The molecule has 0 amide bonds. The Balaban J connectivity index is 1.58. The molecule has 1 aromatic heterocycles. The van der Waals surface area contributed by atoms with E-state index in [0.29, 0.717) is 12.1 Å². The van der Waals surface area contributed by atoms with Crippen LogP contribution in [0.5, 0.6) is 0 Å². The Bertz CT molecular complexity index is 363. The van der Waals surface area contributed by atoms with Crippen LogP contribution in [0.25, 0.3) is 0 Å². The van der Waals surface area contributed by atoms with Crippen molar-refractivity contribution in [2.24, 2.45) is 0 Å².